The van der Waals surface area contributed by atoms with Gasteiger partial charge in [0.05, 0.1) is 12.6 Å². The third-order valence-electron chi connectivity index (χ3n) is 2.05. The first-order chi connectivity index (χ1) is 6.43. The molecule has 0 spiro atoms. The Balaban J connectivity index is 3.37. The lowest BCUT2D eigenvalue weighted by Gasteiger charge is -2.12. The van der Waals surface area contributed by atoms with Crippen LogP contribution in [0.3, 0.4) is 0 Å². The van der Waals surface area contributed by atoms with Crippen LogP contribution in [-0.4, -0.2) is 20.3 Å². The second-order valence-electron chi connectivity index (χ2n) is 3.43. The van der Waals surface area contributed by atoms with Gasteiger partial charge >= 0.3 is 5.69 Å². The zero-order valence-corrected chi connectivity index (χ0v) is 8.52. The first-order valence-electron chi connectivity index (χ1n) is 4.39. The quantitative estimate of drug-likeness (QED) is 0.679. The average Bonchev–Trinajstić information content (AvgIpc) is 2.09. The van der Waals surface area contributed by atoms with Crippen molar-refractivity contribution >= 4 is 0 Å². The summed E-state index contributed by atoms with van der Waals surface area (Å²) >= 11 is 0. The van der Waals surface area contributed by atoms with E-state index in [1.807, 2.05) is 0 Å². The summed E-state index contributed by atoms with van der Waals surface area (Å²) in [5.74, 6) is 0. The van der Waals surface area contributed by atoms with Gasteiger partial charge in [0.2, 0.25) is 0 Å². The molecule has 0 radical (unpaired) electrons. The van der Waals surface area contributed by atoms with Gasteiger partial charge in [-0.3, -0.25) is 13.9 Å². The number of hydrogen-bond donors (Lipinski definition) is 1. The number of aliphatic hydroxyl groups is 1. The van der Waals surface area contributed by atoms with Crippen molar-refractivity contribution in [3.63, 3.8) is 0 Å². The fourth-order valence-electron chi connectivity index (χ4n) is 1.27. The Morgan fingerprint density at radius 3 is 2.57 bits per heavy atom. The summed E-state index contributed by atoms with van der Waals surface area (Å²) in [7, 11) is 1.42. The van der Waals surface area contributed by atoms with Crippen LogP contribution >= 0.6 is 0 Å². The van der Waals surface area contributed by atoms with Crippen molar-refractivity contribution < 1.29 is 5.11 Å². The van der Waals surface area contributed by atoms with Gasteiger partial charge in [-0.2, -0.15) is 0 Å². The molecule has 1 N–H and O–H groups in total. The lowest BCUT2D eigenvalue weighted by Crippen LogP contribution is -2.40. The van der Waals surface area contributed by atoms with Crippen LogP contribution in [0.1, 0.15) is 12.6 Å². The normalized spacial score (nSPS) is 12.9. The maximum Gasteiger partial charge on any atom is 0.330 e. The molecule has 14 heavy (non-hydrogen) atoms. The van der Waals surface area contributed by atoms with Gasteiger partial charge in [0.25, 0.3) is 5.56 Å². The Hall–Kier alpha value is -1.36. The highest BCUT2D eigenvalue weighted by Crippen LogP contribution is 1.92. The van der Waals surface area contributed by atoms with Crippen molar-refractivity contribution in [3.8, 4) is 0 Å². The van der Waals surface area contributed by atoms with Crippen LogP contribution in [0.2, 0.25) is 0 Å². The lowest BCUT2D eigenvalue weighted by molar-refractivity contribution is 0.169. The SMILES string of the molecule is Cc1cc(=O)n(C)c(=O)n1CC(C)O. The van der Waals surface area contributed by atoms with Gasteiger partial charge in [0.15, 0.2) is 0 Å². The number of hydrogen-bond acceptors (Lipinski definition) is 3. The first-order valence-corrected chi connectivity index (χ1v) is 4.39. The van der Waals surface area contributed by atoms with E-state index in [0.29, 0.717) is 5.69 Å². The minimum atomic E-state index is -0.607. The Morgan fingerprint density at radius 1 is 1.50 bits per heavy atom. The van der Waals surface area contributed by atoms with Crippen molar-refractivity contribution in [2.24, 2.45) is 7.05 Å². The Morgan fingerprint density at radius 2 is 2.07 bits per heavy atom. The molecule has 0 aliphatic carbocycles. The number of aryl methyl sites for hydroxylation is 1. The smallest absolute Gasteiger partial charge is 0.330 e. The van der Waals surface area contributed by atoms with E-state index >= 15 is 0 Å². The van der Waals surface area contributed by atoms with Crippen molar-refractivity contribution in [2.75, 3.05) is 0 Å². The Bertz CT molecular complexity index is 442. The van der Waals surface area contributed by atoms with Gasteiger partial charge in [0.1, 0.15) is 0 Å². The minimum Gasteiger partial charge on any atom is -0.392 e. The van der Waals surface area contributed by atoms with Gasteiger partial charge in [-0.15, -0.1) is 0 Å². The van der Waals surface area contributed by atoms with E-state index in [9.17, 15) is 9.59 Å². The third kappa shape index (κ3) is 1.93. The maximum atomic E-state index is 11.6. The van der Waals surface area contributed by atoms with Gasteiger partial charge in [-0.05, 0) is 13.8 Å². The van der Waals surface area contributed by atoms with E-state index < -0.39 is 11.8 Å². The molecule has 0 saturated carbocycles. The Kier molecular flexibility index (Phi) is 2.90. The minimum absolute atomic E-state index is 0.207. The molecule has 0 aliphatic heterocycles. The Labute approximate surface area is 81.2 Å². The van der Waals surface area contributed by atoms with E-state index in [4.69, 9.17) is 5.11 Å². The zero-order valence-electron chi connectivity index (χ0n) is 8.52. The summed E-state index contributed by atoms with van der Waals surface area (Å²) in [4.78, 5) is 22.7. The molecule has 1 atom stereocenters. The monoisotopic (exact) mass is 198 g/mol. The fourth-order valence-corrected chi connectivity index (χ4v) is 1.27. The second kappa shape index (κ2) is 3.79. The summed E-state index contributed by atoms with van der Waals surface area (Å²) in [6, 6.07) is 1.38. The van der Waals surface area contributed by atoms with Gasteiger partial charge < -0.3 is 5.11 Å². The molecule has 1 aromatic rings. The van der Waals surface area contributed by atoms with Gasteiger partial charge in [0, 0.05) is 18.8 Å². The molecule has 0 amide bonds. The number of aromatic nitrogens is 2. The first kappa shape index (κ1) is 10.7. The summed E-state index contributed by atoms with van der Waals surface area (Å²) in [5, 5.41) is 9.17. The van der Waals surface area contributed by atoms with Gasteiger partial charge in [-0.1, -0.05) is 0 Å². The molecule has 0 bridgehead atoms. The van der Waals surface area contributed by atoms with E-state index in [2.05, 4.69) is 0 Å². The third-order valence-corrected chi connectivity index (χ3v) is 2.05. The van der Waals surface area contributed by atoms with Crippen LogP contribution in [0.25, 0.3) is 0 Å². The molecule has 1 unspecified atom stereocenters. The maximum absolute atomic E-state index is 11.6. The van der Waals surface area contributed by atoms with Crippen LogP contribution in [0.5, 0.6) is 0 Å². The molecule has 0 aromatic carbocycles. The highest BCUT2D eigenvalue weighted by atomic mass is 16.3. The summed E-state index contributed by atoms with van der Waals surface area (Å²) < 4.78 is 2.40. The molecule has 1 heterocycles. The van der Waals surface area contributed by atoms with Crippen LogP contribution < -0.4 is 11.2 Å². The summed E-state index contributed by atoms with van der Waals surface area (Å²) in [5.41, 5.74) is -0.149. The molecule has 5 heteroatoms. The molecule has 78 valence electrons. The van der Waals surface area contributed by atoms with Crippen molar-refractivity contribution in [3.05, 3.63) is 32.6 Å². The van der Waals surface area contributed by atoms with Crippen LogP contribution in [0.4, 0.5) is 0 Å². The number of aliphatic hydroxyl groups excluding tert-OH is 1. The van der Waals surface area contributed by atoms with E-state index in [1.165, 1.54) is 17.7 Å². The van der Waals surface area contributed by atoms with Crippen LogP contribution in [-0.2, 0) is 13.6 Å². The van der Waals surface area contributed by atoms with Crippen molar-refractivity contribution in [1.82, 2.24) is 9.13 Å². The predicted molar refractivity (Wildman–Crippen MR) is 52.4 cm³/mol. The summed E-state index contributed by atoms with van der Waals surface area (Å²) in [6.07, 6.45) is -0.607. The topological polar surface area (TPSA) is 64.2 Å². The standard InChI is InChI=1S/C9H14N2O3/c1-6-4-8(13)10(3)9(14)11(6)5-7(2)12/h4,7,12H,5H2,1-3H3. The van der Waals surface area contributed by atoms with E-state index in [0.717, 1.165) is 4.57 Å². The molecule has 0 aliphatic rings. The molecule has 0 fully saturated rings. The lowest BCUT2D eigenvalue weighted by atomic mass is 10.3. The van der Waals surface area contributed by atoms with Crippen molar-refractivity contribution in [2.45, 2.75) is 26.5 Å². The molecule has 0 saturated heterocycles. The molecular weight excluding hydrogens is 184 g/mol. The van der Waals surface area contributed by atoms with Crippen molar-refractivity contribution in [1.29, 1.82) is 0 Å². The average molecular weight is 198 g/mol. The largest absolute Gasteiger partial charge is 0.392 e. The molecule has 1 rings (SSSR count). The van der Waals surface area contributed by atoms with Crippen LogP contribution in [0, 0.1) is 6.92 Å². The molecular formula is C9H14N2O3. The number of rotatable bonds is 2. The number of nitrogens with zero attached hydrogens (tertiary/aromatic N) is 2. The van der Waals surface area contributed by atoms with Gasteiger partial charge in [-0.25, -0.2) is 4.79 Å². The van der Waals surface area contributed by atoms with Crippen LogP contribution in [0.15, 0.2) is 15.7 Å². The summed E-state index contributed by atoms with van der Waals surface area (Å²) in [6.45, 7) is 3.47. The fraction of sp³-hybridized carbons (Fsp3) is 0.556. The van der Waals surface area contributed by atoms with E-state index in [1.54, 1.807) is 13.8 Å². The highest BCUT2D eigenvalue weighted by molar-refractivity contribution is 4.99. The molecule has 5 nitrogen and oxygen atoms in total. The second-order valence-corrected chi connectivity index (χ2v) is 3.43. The van der Waals surface area contributed by atoms with E-state index in [-0.39, 0.29) is 12.1 Å². The highest BCUT2D eigenvalue weighted by Gasteiger charge is 2.07. The molecule has 1 aromatic heterocycles. The zero-order chi connectivity index (χ0) is 10.9. The predicted octanol–water partition coefficient (Wildman–Crippen LogP) is -0.764.